The van der Waals surface area contributed by atoms with E-state index in [9.17, 15) is 26.0 Å². The van der Waals surface area contributed by atoms with Crippen LogP contribution in [-0.4, -0.2) is 29.8 Å². The third-order valence-electron chi connectivity index (χ3n) is 6.00. The number of fused-ring (bicyclic) bond motifs is 1. The molecule has 0 atom stereocenters. The first-order chi connectivity index (χ1) is 17.5. The van der Waals surface area contributed by atoms with Gasteiger partial charge in [-0.25, -0.2) is 13.4 Å². The van der Waals surface area contributed by atoms with Crippen LogP contribution in [-0.2, 0) is 29.7 Å². The minimum atomic E-state index is -4.84. The highest BCUT2D eigenvalue weighted by molar-refractivity contribution is 7.92. The Labute approximate surface area is 209 Å². The molecule has 12 heteroatoms. The Morgan fingerprint density at radius 2 is 1.86 bits per heavy atom. The minimum absolute atomic E-state index is 0.116. The highest BCUT2D eigenvalue weighted by Gasteiger charge is 2.37. The zero-order valence-corrected chi connectivity index (χ0v) is 20.2. The number of pyridine rings is 1. The lowest BCUT2D eigenvalue weighted by atomic mass is 9.93. The van der Waals surface area contributed by atoms with Crippen LogP contribution in [0.2, 0.25) is 0 Å². The van der Waals surface area contributed by atoms with Gasteiger partial charge in [-0.3, -0.25) is 9.40 Å². The summed E-state index contributed by atoms with van der Waals surface area (Å²) < 4.78 is 92.6. The number of hydrogen-bond donors (Lipinski definition) is 1. The average molecular weight is 533 g/mol. The molecule has 0 fully saturated rings. The third-order valence-corrected chi connectivity index (χ3v) is 7.36. The second kappa shape index (κ2) is 9.18. The summed E-state index contributed by atoms with van der Waals surface area (Å²) in [5, 5.41) is 4.03. The summed E-state index contributed by atoms with van der Waals surface area (Å²) >= 11 is 0. The van der Waals surface area contributed by atoms with Gasteiger partial charge in [-0.2, -0.15) is 22.7 Å². The van der Waals surface area contributed by atoms with Gasteiger partial charge in [0.25, 0.3) is 10.0 Å². The maximum Gasteiger partial charge on any atom is 0.417 e. The van der Waals surface area contributed by atoms with E-state index in [4.69, 9.17) is 4.74 Å². The van der Waals surface area contributed by atoms with Gasteiger partial charge in [-0.1, -0.05) is 12.1 Å². The van der Waals surface area contributed by atoms with Crippen molar-refractivity contribution in [2.75, 3.05) is 11.3 Å². The van der Waals surface area contributed by atoms with Gasteiger partial charge in [0.15, 0.2) is 0 Å². The number of halogens is 4. The van der Waals surface area contributed by atoms with E-state index in [0.717, 1.165) is 36.6 Å². The first-order valence-electron chi connectivity index (χ1n) is 11.2. The molecule has 0 aliphatic carbocycles. The molecule has 0 bridgehead atoms. The summed E-state index contributed by atoms with van der Waals surface area (Å²) in [5.41, 5.74) is -1.17. The van der Waals surface area contributed by atoms with Crippen molar-refractivity contribution < 1.29 is 30.7 Å². The number of rotatable bonds is 5. The van der Waals surface area contributed by atoms with Crippen LogP contribution in [0.15, 0.2) is 65.7 Å². The van der Waals surface area contributed by atoms with Crippen molar-refractivity contribution in [1.82, 2.24) is 14.8 Å². The largest absolute Gasteiger partial charge is 0.493 e. The Balaban J connectivity index is 1.73. The molecular formula is C25H20F4N4O3S. The molecule has 4 aromatic rings. The molecule has 0 saturated carbocycles. The van der Waals surface area contributed by atoms with Crippen LogP contribution in [0.1, 0.15) is 17.5 Å². The molecule has 0 unspecified atom stereocenters. The smallest absolute Gasteiger partial charge is 0.417 e. The number of anilines is 1. The van der Waals surface area contributed by atoms with Crippen molar-refractivity contribution >= 4 is 15.7 Å². The van der Waals surface area contributed by atoms with Gasteiger partial charge in [0.05, 0.1) is 34.1 Å². The van der Waals surface area contributed by atoms with Crippen molar-refractivity contribution in [1.29, 1.82) is 0 Å². The lowest BCUT2D eigenvalue weighted by Gasteiger charge is -2.22. The second-order valence-electron chi connectivity index (χ2n) is 8.42. The molecular weight excluding hydrogens is 512 g/mol. The molecule has 0 radical (unpaired) electrons. The van der Waals surface area contributed by atoms with Crippen LogP contribution in [0, 0.1) is 5.95 Å². The zero-order chi connectivity index (χ0) is 26.4. The molecule has 1 aliphatic rings. The summed E-state index contributed by atoms with van der Waals surface area (Å²) in [6.45, 7) is 0.456. The molecule has 0 spiro atoms. The topological polar surface area (TPSA) is 86.1 Å². The van der Waals surface area contributed by atoms with Gasteiger partial charge >= 0.3 is 6.18 Å². The van der Waals surface area contributed by atoms with Gasteiger partial charge < -0.3 is 4.74 Å². The SMILES string of the molecule is Cn1nccc1-c1c(NS(=O)(=O)c2ccc3c(c2)OCCC3)ccc(C(F)(F)F)c1-c1cccc(F)n1. The van der Waals surface area contributed by atoms with Gasteiger partial charge in [-0.05, 0) is 54.8 Å². The Morgan fingerprint density at radius 3 is 2.57 bits per heavy atom. The minimum Gasteiger partial charge on any atom is -0.493 e. The van der Waals surface area contributed by atoms with Crippen molar-refractivity contribution in [2.24, 2.45) is 7.05 Å². The van der Waals surface area contributed by atoms with Crippen LogP contribution in [0.5, 0.6) is 5.75 Å². The van der Waals surface area contributed by atoms with Gasteiger partial charge in [0.1, 0.15) is 5.75 Å². The number of alkyl halides is 3. The number of benzene rings is 2. The first-order valence-corrected chi connectivity index (χ1v) is 12.7. The number of nitrogens with one attached hydrogen (secondary N) is 1. The van der Waals surface area contributed by atoms with Crippen molar-refractivity contribution in [3.8, 4) is 28.3 Å². The Bertz CT molecular complexity index is 1600. The zero-order valence-electron chi connectivity index (χ0n) is 19.4. The third kappa shape index (κ3) is 4.76. The van der Waals surface area contributed by atoms with E-state index < -0.39 is 33.3 Å². The lowest BCUT2D eigenvalue weighted by molar-refractivity contribution is -0.137. The average Bonchev–Trinajstić information content (AvgIpc) is 3.27. The molecule has 1 aliphatic heterocycles. The van der Waals surface area contributed by atoms with E-state index in [1.807, 2.05) is 0 Å². The monoisotopic (exact) mass is 532 g/mol. The number of aryl methyl sites for hydroxylation is 2. The highest BCUT2D eigenvalue weighted by atomic mass is 32.2. The van der Waals surface area contributed by atoms with Gasteiger partial charge in [0, 0.05) is 30.4 Å². The first kappa shape index (κ1) is 24.8. The second-order valence-corrected chi connectivity index (χ2v) is 10.1. The number of ether oxygens (including phenoxy) is 1. The van der Waals surface area contributed by atoms with Gasteiger partial charge in [0.2, 0.25) is 5.95 Å². The summed E-state index contributed by atoms with van der Waals surface area (Å²) in [6, 6.07) is 11.1. The van der Waals surface area contributed by atoms with E-state index in [-0.39, 0.29) is 27.5 Å². The summed E-state index contributed by atoms with van der Waals surface area (Å²) in [4.78, 5) is 3.56. The van der Waals surface area contributed by atoms with E-state index in [1.54, 1.807) is 6.07 Å². The van der Waals surface area contributed by atoms with Crippen LogP contribution < -0.4 is 9.46 Å². The molecule has 192 valence electrons. The fourth-order valence-corrected chi connectivity index (χ4v) is 5.40. The number of nitrogens with zero attached hydrogens (tertiary/aromatic N) is 3. The molecule has 37 heavy (non-hydrogen) atoms. The van der Waals surface area contributed by atoms with Crippen LogP contribution >= 0.6 is 0 Å². The number of hydrogen-bond acceptors (Lipinski definition) is 5. The van der Waals surface area contributed by atoms with Crippen LogP contribution in [0.25, 0.3) is 22.5 Å². The molecule has 7 nitrogen and oxygen atoms in total. The molecule has 1 N–H and O–H groups in total. The molecule has 2 aromatic heterocycles. The van der Waals surface area contributed by atoms with Crippen LogP contribution in [0.3, 0.4) is 0 Å². The number of aromatic nitrogens is 3. The van der Waals surface area contributed by atoms with Crippen molar-refractivity contribution in [3.05, 3.63) is 77.9 Å². The number of sulfonamides is 1. The predicted octanol–water partition coefficient (Wildman–Crippen LogP) is 5.43. The maximum atomic E-state index is 14.2. The summed E-state index contributed by atoms with van der Waals surface area (Å²) in [7, 11) is -2.77. The normalized spacial score (nSPS) is 13.6. The maximum absolute atomic E-state index is 14.2. The van der Waals surface area contributed by atoms with E-state index in [0.29, 0.717) is 12.4 Å². The van der Waals surface area contributed by atoms with Crippen molar-refractivity contribution in [3.63, 3.8) is 0 Å². The summed E-state index contributed by atoms with van der Waals surface area (Å²) in [6.07, 6.45) is -1.92. The fourth-order valence-electron chi connectivity index (χ4n) is 4.31. The molecule has 0 amide bonds. The van der Waals surface area contributed by atoms with E-state index in [1.165, 1.54) is 48.3 Å². The summed E-state index contributed by atoms with van der Waals surface area (Å²) in [5.74, 6) is -0.542. The molecule has 0 saturated heterocycles. The fraction of sp³-hybridized carbons (Fsp3) is 0.200. The molecule has 2 aromatic carbocycles. The molecule has 5 rings (SSSR count). The van der Waals surface area contributed by atoms with Gasteiger partial charge in [-0.15, -0.1) is 0 Å². The predicted molar refractivity (Wildman–Crippen MR) is 128 cm³/mol. The van der Waals surface area contributed by atoms with Crippen molar-refractivity contribution in [2.45, 2.75) is 23.9 Å². The van der Waals surface area contributed by atoms with E-state index in [2.05, 4.69) is 14.8 Å². The van der Waals surface area contributed by atoms with E-state index >= 15 is 0 Å². The molecule has 3 heterocycles. The lowest BCUT2D eigenvalue weighted by Crippen LogP contribution is -2.17. The quantitative estimate of drug-likeness (QED) is 0.274. The Kier molecular flexibility index (Phi) is 6.14. The van der Waals surface area contributed by atoms with Crippen LogP contribution in [0.4, 0.5) is 23.2 Å². The standard InChI is InChI=1S/C25H20F4N4O3S/c1-33-20(11-12-30-33)24-19(32-37(34,35)16-8-7-15-4-3-13-36-21(15)14-16)10-9-17(25(27,28)29)23(24)18-5-2-6-22(26)31-18/h2,5-12,14,32H,3-4,13H2,1H3. The highest BCUT2D eigenvalue weighted by Crippen LogP contribution is 2.46. The Morgan fingerprint density at radius 1 is 1.05 bits per heavy atom. The Hall–Kier alpha value is -3.93.